The molecule has 1 saturated heterocycles. The van der Waals surface area contributed by atoms with Crippen LogP contribution in [-0.4, -0.2) is 25.7 Å². The van der Waals surface area contributed by atoms with E-state index in [0.717, 1.165) is 31.5 Å². The predicted octanol–water partition coefficient (Wildman–Crippen LogP) is 2.44. The first-order valence-electron chi connectivity index (χ1n) is 6.97. The molecule has 0 bridgehead atoms. The molecule has 0 aliphatic carbocycles. The van der Waals surface area contributed by atoms with Crippen molar-refractivity contribution in [3.05, 3.63) is 24.3 Å². The Kier molecular flexibility index (Phi) is 4.80. The molecule has 1 aliphatic heterocycles. The smallest absolute Gasteiger partial charge is 0.230 e. The van der Waals surface area contributed by atoms with Gasteiger partial charge in [0.05, 0.1) is 0 Å². The molecular weight excluding hydrogens is 240 g/mol. The molecule has 0 unspecified atom stereocenters. The van der Waals surface area contributed by atoms with Crippen LogP contribution < -0.4 is 10.6 Å². The lowest BCUT2D eigenvalue weighted by molar-refractivity contribution is -0.125. The first-order valence-corrected chi connectivity index (χ1v) is 6.97. The summed E-state index contributed by atoms with van der Waals surface area (Å²) in [6.45, 7) is 4.19. The minimum absolute atomic E-state index is 0.0849. The van der Waals surface area contributed by atoms with Gasteiger partial charge in [0.2, 0.25) is 5.91 Å². The first kappa shape index (κ1) is 13.9. The largest absolute Gasteiger partial charge is 0.399 e. The molecule has 104 valence electrons. The van der Waals surface area contributed by atoms with Crippen molar-refractivity contribution in [2.45, 2.75) is 26.2 Å². The zero-order valence-corrected chi connectivity index (χ0v) is 11.5. The molecule has 1 amide bonds. The zero-order valence-electron chi connectivity index (χ0n) is 11.5. The number of benzene rings is 1. The Morgan fingerprint density at radius 1 is 1.42 bits per heavy atom. The van der Waals surface area contributed by atoms with E-state index in [0.29, 0.717) is 18.9 Å². The number of carbonyl (C=O) groups excluding carboxylic acids is 1. The molecule has 1 aliphatic rings. The number of rotatable bonds is 4. The highest BCUT2D eigenvalue weighted by molar-refractivity contribution is 5.95. The van der Waals surface area contributed by atoms with Crippen molar-refractivity contribution < 1.29 is 9.53 Å². The van der Waals surface area contributed by atoms with Crippen LogP contribution in [0.4, 0.5) is 11.4 Å². The van der Waals surface area contributed by atoms with E-state index in [-0.39, 0.29) is 11.8 Å². The molecule has 4 nitrogen and oxygen atoms in total. The van der Waals surface area contributed by atoms with Gasteiger partial charge >= 0.3 is 0 Å². The molecule has 0 atom stereocenters. The summed E-state index contributed by atoms with van der Waals surface area (Å²) in [7, 11) is 0. The SMILES string of the molecule is CCCN(C(=O)C1CCOCC1)c1cccc(N)c1. The van der Waals surface area contributed by atoms with Crippen molar-refractivity contribution in [1.82, 2.24) is 0 Å². The van der Waals surface area contributed by atoms with Crippen molar-refractivity contribution in [3.8, 4) is 0 Å². The van der Waals surface area contributed by atoms with Crippen LogP contribution in [0.5, 0.6) is 0 Å². The number of nitrogens with zero attached hydrogens (tertiary/aromatic N) is 1. The average Bonchev–Trinajstić information content (AvgIpc) is 2.45. The maximum absolute atomic E-state index is 12.6. The topological polar surface area (TPSA) is 55.6 Å². The summed E-state index contributed by atoms with van der Waals surface area (Å²) in [5.41, 5.74) is 7.41. The second kappa shape index (κ2) is 6.57. The van der Waals surface area contributed by atoms with Gasteiger partial charge in [0.25, 0.3) is 0 Å². The molecule has 0 aromatic heterocycles. The van der Waals surface area contributed by atoms with Crippen LogP contribution in [0, 0.1) is 5.92 Å². The third-order valence-corrected chi connectivity index (χ3v) is 3.47. The van der Waals surface area contributed by atoms with Gasteiger partial charge in [-0.3, -0.25) is 4.79 Å². The lowest BCUT2D eigenvalue weighted by atomic mass is 9.98. The highest BCUT2D eigenvalue weighted by atomic mass is 16.5. The molecule has 19 heavy (non-hydrogen) atoms. The minimum Gasteiger partial charge on any atom is -0.399 e. The molecular formula is C15H22N2O2. The van der Waals surface area contributed by atoms with Gasteiger partial charge in [-0.25, -0.2) is 0 Å². The maximum Gasteiger partial charge on any atom is 0.230 e. The molecule has 0 spiro atoms. The second-order valence-corrected chi connectivity index (χ2v) is 4.97. The van der Waals surface area contributed by atoms with Crippen molar-refractivity contribution in [2.24, 2.45) is 5.92 Å². The van der Waals surface area contributed by atoms with Gasteiger partial charge in [-0.1, -0.05) is 13.0 Å². The fourth-order valence-electron chi connectivity index (χ4n) is 2.45. The third kappa shape index (κ3) is 3.47. The fourth-order valence-corrected chi connectivity index (χ4v) is 2.45. The Hall–Kier alpha value is -1.55. The van der Waals surface area contributed by atoms with E-state index >= 15 is 0 Å². The molecule has 2 N–H and O–H groups in total. The summed E-state index contributed by atoms with van der Waals surface area (Å²) in [6.07, 6.45) is 2.58. The lowest BCUT2D eigenvalue weighted by Gasteiger charge is -2.29. The summed E-state index contributed by atoms with van der Waals surface area (Å²) in [5, 5.41) is 0. The average molecular weight is 262 g/mol. The molecule has 1 heterocycles. The van der Waals surface area contributed by atoms with Gasteiger partial charge in [-0.05, 0) is 37.5 Å². The van der Waals surface area contributed by atoms with Crippen LogP contribution in [0.1, 0.15) is 26.2 Å². The Bertz CT molecular complexity index is 428. The number of anilines is 2. The molecule has 4 heteroatoms. The summed E-state index contributed by atoms with van der Waals surface area (Å²) in [5.74, 6) is 0.289. The molecule has 1 fully saturated rings. The number of amides is 1. The van der Waals surface area contributed by atoms with Crippen LogP contribution in [0.3, 0.4) is 0 Å². The van der Waals surface area contributed by atoms with E-state index in [2.05, 4.69) is 6.92 Å². The number of nitrogens with two attached hydrogens (primary N) is 1. The predicted molar refractivity (Wildman–Crippen MR) is 77.0 cm³/mol. The van der Waals surface area contributed by atoms with Crippen LogP contribution in [-0.2, 0) is 9.53 Å². The van der Waals surface area contributed by atoms with Gasteiger partial charge in [-0.15, -0.1) is 0 Å². The van der Waals surface area contributed by atoms with Crippen LogP contribution in [0.25, 0.3) is 0 Å². The van der Waals surface area contributed by atoms with Gasteiger partial charge in [-0.2, -0.15) is 0 Å². The van der Waals surface area contributed by atoms with E-state index in [1.54, 1.807) is 0 Å². The van der Waals surface area contributed by atoms with E-state index in [4.69, 9.17) is 10.5 Å². The minimum atomic E-state index is 0.0849. The second-order valence-electron chi connectivity index (χ2n) is 4.97. The Morgan fingerprint density at radius 3 is 2.79 bits per heavy atom. The summed E-state index contributed by atoms with van der Waals surface area (Å²) < 4.78 is 5.32. The van der Waals surface area contributed by atoms with Crippen LogP contribution in [0.2, 0.25) is 0 Å². The van der Waals surface area contributed by atoms with E-state index in [1.807, 2.05) is 29.2 Å². The summed E-state index contributed by atoms with van der Waals surface area (Å²) in [4.78, 5) is 14.5. The number of nitrogen functional groups attached to an aromatic ring is 1. The Morgan fingerprint density at radius 2 is 2.16 bits per heavy atom. The van der Waals surface area contributed by atoms with Gasteiger partial charge in [0, 0.05) is 37.1 Å². The maximum atomic E-state index is 12.6. The van der Waals surface area contributed by atoms with Crippen molar-refractivity contribution in [1.29, 1.82) is 0 Å². The summed E-state index contributed by atoms with van der Waals surface area (Å²) >= 11 is 0. The molecule has 1 aromatic rings. The Balaban J connectivity index is 2.16. The van der Waals surface area contributed by atoms with Crippen molar-refractivity contribution in [3.63, 3.8) is 0 Å². The first-order chi connectivity index (χ1) is 9.22. The van der Waals surface area contributed by atoms with Gasteiger partial charge < -0.3 is 15.4 Å². The molecule has 0 radical (unpaired) electrons. The van der Waals surface area contributed by atoms with Gasteiger partial charge in [0.1, 0.15) is 0 Å². The van der Waals surface area contributed by atoms with Crippen LogP contribution >= 0.6 is 0 Å². The number of ether oxygens (including phenoxy) is 1. The quantitative estimate of drug-likeness (QED) is 0.848. The van der Waals surface area contributed by atoms with E-state index < -0.39 is 0 Å². The van der Waals surface area contributed by atoms with Crippen molar-refractivity contribution >= 4 is 17.3 Å². The monoisotopic (exact) mass is 262 g/mol. The molecule has 0 saturated carbocycles. The Labute approximate surface area is 114 Å². The van der Waals surface area contributed by atoms with E-state index in [9.17, 15) is 4.79 Å². The zero-order chi connectivity index (χ0) is 13.7. The lowest BCUT2D eigenvalue weighted by Crippen LogP contribution is -2.39. The van der Waals surface area contributed by atoms with Gasteiger partial charge in [0.15, 0.2) is 0 Å². The van der Waals surface area contributed by atoms with E-state index in [1.165, 1.54) is 0 Å². The highest BCUT2D eigenvalue weighted by Crippen LogP contribution is 2.24. The number of hydrogen-bond acceptors (Lipinski definition) is 3. The standard InChI is InChI=1S/C15H22N2O2/c1-2-8-17(14-5-3-4-13(16)11-14)15(18)12-6-9-19-10-7-12/h3-5,11-12H,2,6-10,16H2,1H3. The van der Waals surface area contributed by atoms with Crippen LogP contribution in [0.15, 0.2) is 24.3 Å². The molecule has 2 rings (SSSR count). The highest BCUT2D eigenvalue weighted by Gasteiger charge is 2.26. The molecule has 1 aromatic carbocycles. The summed E-state index contributed by atoms with van der Waals surface area (Å²) in [6, 6.07) is 7.55. The fraction of sp³-hybridized carbons (Fsp3) is 0.533. The van der Waals surface area contributed by atoms with Crippen molar-refractivity contribution in [2.75, 3.05) is 30.4 Å². The number of carbonyl (C=O) groups is 1. The number of hydrogen-bond donors (Lipinski definition) is 1. The normalized spacial score (nSPS) is 16.3. The third-order valence-electron chi connectivity index (χ3n) is 3.47.